The lowest BCUT2D eigenvalue weighted by Crippen LogP contribution is -2.45. The molecule has 1 aromatic carbocycles. The number of nitrogens with zero attached hydrogens (tertiary/aromatic N) is 4. The maximum absolute atomic E-state index is 10.3. The average molecular weight is 415 g/mol. The van der Waals surface area contributed by atoms with Crippen LogP contribution < -0.4 is 0 Å². The second-order valence-electron chi connectivity index (χ2n) is 9.26. The van der Waals surface area contributed by atoms with Gasteiger partial charge in [0.1, 0.15) is 0 Å². The third-order valence-corrected chi connectivity index (χ3v) is 5.39. The quantitative estimate of drug-likeness (QED) is 0.618. The minimum atomic E-state index is -0.894. The number of aliphatic hydroxyl groups is 1. The zero-order chi connectivity index (χ0) is 21.5. The molecule has 162 valence electrons. The van der Waals surface area contributed by atoms with Crippen molar-refractivity contribution in [3.05, 3.63) is 29.8 Å². The number of aromatic nitrogens is 3. The molecule has 4 rings (SSSR count). The third-order valence-electron chi connectivity index (χ3n) is 5.39. The van der Waals surface area contributed by atoms with Gasteiger partial charge < -0.3 is 18.9 Å². The highest BCUT2D eigenvalue weighted by Gasteiger charge is 2.30. The first kappa shape index (κ1) is 21.0. The fraction of sp³-hybridized carbons (Fsp3) is 0.591. The lowest BCUT2D eigenvalue weighted by molar-refractivity contribution is -0.242. The first-order chi connectivity index (χ1) is 14.2. The third kappa shape index (κ3) is 4.40. The molecule has 1 atom stereocenters. The Morgan fingerprint density at radius 3 is 2.53 bits per heavy atom. The van der Waals surface area contributed by atoms with Crippen LogP contribution in [0, 0.1) is 0 Å². The van der Waals surface area contributed by atoms with E-state index in [1.54, 1.807) is 0 Å². The van der Waals surface area contributed by atoms with Gasteiger partial charge in [-0.25, -0.2) is 0 Å². The molecule has 3 aromatic rings. The number of ether oxygens (including phenoxy) is 1. The Morgan fingerprint density at radius 1 is 1.13 bits per heavy atom. The molecule has 8 heteroatoms. The number of piperidine rings is 1. The first-order valence-corrected chi connectivity index (χ1v) is 10.5. The molecular weight excluding hydrogens is 384 g/mol. The summed E-state index contributed by atoms with van der Waals surface area (Å²) in [7, 11) is 0. The molecule has 0 aliphatic carbocycles. The number of fused-ring (bicyclic) bond motifs is 1. The normalized spacial score (nSPS) is 17.8. The molecule has 8 nitrogen and oxygen atoms in total. The summed E-state index contributed by atoms with van der Waals surface area (Å²) in [4.78, 5) is 6.59. The van der Waals surface area contributed by atoms with Crippen LogP contribution in [0.25, 0.3) is 22.4 Å². The molecule has 2 aromatic heterocycles. The molecule has 1 unspecified atom stereocenters. The van der Waals surface area contributed by atoms with Crippen LogP contribution in [0.1, 0.15) is 70.9 Å². The van der Waals surface area contributed by atoms with Crippen molar-refractivity contribution >= 4 is 11.0 Å². The summed E-state index contributed by atoms with van der Waals surface area (Å²) >= 11 is 0. The van der Waals surface area contributed by atoms with Crippen LogP contribution in [0.4, 0.5) is 0 Å². The highest BCUT2D eigenvalue weighted by molar-refractivity contribution is 5.84. The van der Waals surface area contributed by atoms with E-state index >= 15 is 0 Å². The van der Waals surface area contributed by atoms with Gasteiger partial charge in [0.15, 0.2) is 5.58 Å². The number of benzene rings is 1. The second-order valence-corrected chi connectivity index (χ2v) is 9.26. The number of hydrogen-bond donors (Lipinski definition) is 1. The molecule has 0 radical (unpaired) electrons. The molecule has 1 aliphatic rings. The van der Waals surface area contributed by atoms with E-state index < -0.39 is 12.0 Å². The SMILES string of the molecule is CC(C)c1noc2ccc(-c3noc(C4CCN(C(O)OC(C)(C)C)CC4)n3)cc12. The van der Waals surface area contributed by atoms with Crippen molar-refractivity contribution in [2.24, 2.45) is 0 Å². The number of likely N-dealkylation sites (tertiary alicyclic amines) is 1. The molecule has 30 heavy (non-hydrogen) atoms. The summed E-state index contributed by atoms with van der Waals surface area (Å²) in [5.74, 6) is 1.66. The standard InChI is InChI=1S/C22H30N4O4/c1-13(2)18-16-12-15(6-7-17(16)29-24-18)19-23-20(30-25-19)14-8-10-26(11-9-14)21(27)28-22(3,4)5/h6-7,12-14,21,27H,8-11H2,1-5H3. The zero-order valence-corrected chi connectivity index (χ0v) is 18.3. The second kappa shape index (κ2) is 8.09. The molecule has 1 saturated heterocycles. The van der Waals surface area contributed by atoms with Gasteiger partial charge in [0.05, 0.1) is 11.3 Å². The van der Waals surface area contributed by atoms with Crippen LogP contribution in [0.5, 0.6) is 0 Å². The van der Waals surface area contributed by atoms with Crippen molar-refractivity contribution in [2.75, 3.05) is 13.1 Å². The molecule has 1 N–H and O–H groups in total. The smallest absolute Gasteiger partial charge is 0.230 e. The van der Waals surface area contributed by atoms with Crippen molar-refractivity contribution in [2.45, 2.75) is 71.3 Å². The number of rotatable bonds is 5. The summed E-state index contributed by atoms with van der Waals surface area (Å²) in [6.07, 6.45) is 0.762. The topological polar surface area (TPSA) is 97.7 Å². The van der Waals surface area contributed by atoms with Crippen LogP contribution in [0.15, 0.2) is 27.2 Å². The van der Waals surface area contributed by atoms with Gasteiger partial charge in [-0.2, -0.15) is 4.98 Å². The van der Waals surface area contributed by atoms with Crippen LogP contribution in [-0.2, 0) is 4.74 Å². The highest BCUT2D eigenvalue weighted by Crippen LogP contribution is 2.32. The molecule has 0 amide bonds. The highest BCUT2D eigenvalue weighted by atomic mass is 16.6. The van der Waals surface area contributed by atoms with E-state index in [0.717, 1.165) is 35.1 Å². The lowest BCUT2D eigenvalue weighted by Gasteiger charge is -2.36. The van der Waals surface area contributed by atoms with Crippen LogP contribution in [0.3, 0.4) is 0 Å². The van der Waals surface area contributed by atoms with Crippen molar-refractivity contribution < 1.29 is 18.9 Å². The van der Waals surface area contributed by atoms with Gasteiger partial charge in [-0.05, 0) is 57.7 Å². The van der Waals surface area contributed by atoms with Gasteiger partial charge >= 0.3 is 0 Å². The van der Waals surface area contributed by atoms with Gasteiger partial charge in [0.2, 0.25) is 18.1 Å². The fourth-order valence-corrected chi connectivity index (χ4v) is 3.79. The monoisotopic (exact) mass is 414 g/mol. The summed E-state index contributed by atoms with van der Waals surface area (Å²) in [6, 6.07) is 5.84. The predicted octanol–water partition coefficient (Wildman–Crippen LogP) is 4.27. The Morgan fingerprint density at radius 2 is 1.87 bits per heavy atom. The average Bonchev–Trinajstić information content (AvgIpc) is 3.33. The van der Waals surface area contributed by atoms with Crippen LogP contribution in [-0.4, -0.2) is 50.4 Å². The van der Waals surface area contributed by atoms with Gasteiger partial charge in [-0.15, -0.1) is 0 Å². The molecule has 1 fully saturated rings. The lowest BCUT2D eigenvalue weighted by atomic mass is 9.97. The largest absolute Gasteiger partial charge is 0.356 e. The number of aliphatic hydroxyl groups excluding tert-OH is 1. The van der Waals surface area contributed by atoms with Crippen molar-refractivity contribution in [3.8, 4) is 11.4 Å². The summed E-state index contributed by atoms with van der Waals surface area (Å²) in [6.45, 7) is 11.4. The summed E-state index contributed by atoms with van der Waals surface area (Å²) in [5.41, 5.74) is 2.18. The molecule has 0 saturated carbocycles. The van der Waals surface area contributed by atoms with E-state index in [0.29, 0.717) is 24.8 Å². The molecule has 0 spiro atoms. The van der Waals surface area contributed by atoms with Crippen LogP contribution >= 0.6 is 0 Å². The predicted molar refractivity (Wildman–Crippen MR) is 112 cm³/mol. The van der Waals surface area contributed by atoms with E-state index in [-0.39, 0.29) is 11.8 Å². The zero-order valence-electron chi connectivity index (χ0n) is 18.3. The van der Waals surface area contributed by atoms with E-state index in [9.17, 15) is 5.11 Å². The number of hydrogen-bond acceptors (Lipinski definition) is 8. The Labute approximate surface area is 176 Å². The van der Waals surface area contributed by atoms with Gasteiger partial charge in [0, 0.05) is 30.0 Å². The van der Waals surface area contributed by atoms with Crippen molar-refractivity contribution in [1.82, 2.24) is 20.2 Å². The Kier molecular flexibility index (Phi) is 5.65. The van der Waals surface area contributed by atoms with Gasteiger partial charge in [0.25, 0.3) is 0 Å². The van der Waals surface area contributed by atoms with E-state index in [4.69, 9.17) is 13.8 Å². The fourth-order valence-electron chi connectivity index (χ4n) is 3.79. The van der Waals surface area contributed by atoms with E-state index in [1.165, 1.54) is 0 Å². The summed E-state index contributed by atoms with van der Waals surface area (Å²) < 4.78 is 16.7. The maximum Gasteiger partial charge on any atom is 0.230 e. The van der Waals surface area contributed by atoms with Gasteiger partial charge in [-0.1, -0.05) is 24.2 Å². The molecule has 0 bridgehead atoms. The molecule has 1 aliphatic heterocycles. The Balaban J connectivity index is 1.45. The Bertz CT molecular complexity index is 996. The maximum atomic E-state index is 10.3. The van der Waals surface area contributed by atoms with E-state index in [2.05, 4.69) is 29.1 Å². The Hall–Kier alpha value is -2.29. The first-order valence-electron chi connectivity index (χ1n) is 10.5. The van der Waals surface area contributed by atoms with E-state index in [1.807, 2.05) is 43.9 Å². The van der Waals surface area contributed by atoms with Crippen molar-refractivity contribution in [3.63, 3.8) is 0 Å². The molecular formula is C22H30N4O4. The summed E-state index contributed by atoms with van der Waals surface area (Å²) in [5, 5.41) is 19.7. The minimum absolute atomic E-state index is 0.176. The van der Waals surface area contributed by atoms with Crippen molar-refractivity contribution in [1.29, 1.82) is 0 Å². The molecule has 3 heterocycles. The van der Waals surface area contributed by atoms with Gasteiger partial charge in [-0.3, -0.25) is 4.90 Å². The minimum Gasteiger partial charge on any atom is -0.356 e. The van der Waals surface area contributed by atoms with Crippen LogP contribution in [0.2, 0.25) is 0 Å².